The van der Waals surface area contributed by atoms with Crippen molar-refractivity contribution < 1.29 is 0 Å². The van der Waals surface area contributed by atoms with Gasteiger partial charge in [-0.25, -0.2) is 0 Å². The number of likely N-dealkylation sites (N-methyl/N-ethyl adjacent to an activating group) is 1. The highest BCUT2D eigenvalue weighted by molar-refractivity contribution is 7.11. The van der Waals surface area contributed by atoms with Gasteiger partial charge in [0.25, 0.3) is 0 Å². The Bertz CT molecular complexity index is 468. The van der Waals surface area contributed by atoms with Gasteiger partial charge in [-0.15, -0.1) is 11.3 Å². The maximum absolute atomic E-state index is 3.74. The number of hydrogen-bond donors (Lipinski definition) is 1. The fraction of sp³-hybridized carbons (Fsp3) is 0.789. The lowest BCUT2D eigenvalue weighted by atomic mass is 9.47. The van der Waals surface area contributed by atoms with Crippen LogP contribution in [0.15, 0.2) is 12.1 Å². The average molecular weight is 304 g/mol. The predicted molar refractivity (Wildman–Crippen MR) is 90.9 cm³/mol. The van der Waals surface area contributed by atoms with E-state index in [0.717, 1.165) is 17.8 Å². The summed E-state index contributed by atoms with van der Waals surface area (Å²) in [5, 5.41) is 3.74. The largest absolute Gasteiger partial charge is 0.316 e. The molecule has 2 heteroatoms. The summed E-state index contributed by atoms with van der Waals surface area (Å²) in [5.74, 6) is 3.17. The fourth-order valence-corrected chi connectivity index (χ4v) is 7.16. The van der Waals surface area contributed by atoms with Crippen molar-refractivity contribution in [3.8, 4) is 0 Å². The van der Waals surface area contributed by atoms with Gasteiger partial charge in [0.15, 0.2) is 0 Å². The molecule has 4 fully saturated rings. The van der Waals surface area contributed by atoms with E-state index in [2.05, 4.69) is 31.4 Å². The van der Waals surface area contributed by atoms with Gasteiger partial charge >= 0.3 is 0 Å². The van der Waals surface area contributed by atoms with Gasteiger partial charge in [-0.1, -0.05) is 6.92 Å². The van der Waals surface area contributed by atoms with Crippen molar-refractivity contribution >= 4 is 11.3 Å². The van der Waals surface area contributed by atoms with E-state index in [1.807, 2.05) is 11.3 Å². The Morgan fingerprint density at radius 1 is 1.10 bits per heavy atom. The molecule has 0 saturated heterocycles. The fourth-order valence-electron chi connectivity index (χ4n) is 6.15. The van der Waals surface area contributed by atoms with Crippen molar-refractivity contribution in [2.45, 2.75) is 64.3 Å². The van der Waals surface area contributed by atoms with Gasteiger partial charge in [0.2, 0.25) is 0 Å². The van der Waals surface area contributed by atoms with E-state index < -0.39 is 0 Å². The Morgan fingerprint density at radius 2 is 1.67 bits per heavy atom. The first-order valence-electron chi connectivity index (χ1n) is 8.95. The monoisotopic (exact) mass is 303 g/mol. The molecule has 1 atom stereocenters. The summed E-state index contributed by atoms with van der Waals surface area (Å²) in [7, 11) is 2.21. The van der Waals surface area contributed by atoms with E-state index in [9.17, 15) is 0 Å². The zero-order valence-corrected chi connectivity index (χ0v) is 14.3. The number of hydrogen-bond acceptors (Lipinski definition) is 2. The minimum atomic E-state index is 0.625. The Kier molecular flexibility index (Phi) is 3.66. The third-order valence-electron chi connectivity index (χ3n) is 6.64. The Hall–Kier alpha value is -0.340. The molecule has 4 saturated carbocycles. The molecule has 0 spiro atoms. The first kappa shape index (κ1) is 14.3. The highest BCUT2D eigenvalue weighted by Gasteiger charge is 2.53. The molecular weight excluding hydrogens is 274 g/mol. The maximum atomic E-state index is 3.74. The quantitative estimate of drug-likeness (QED) is 0.834. The van der Waals surface area contributed by atoms with Crippen molar-refractivity contribution in [1.29, 1.82) is 0 Å². The van der Waals surface area contributed by atoms with Crippen molar-refractivity contribution in [3.05, 3.63) is 21.9 Å². The SMILES string of the molecule is CCc1ccc(CC(NC)C23CC4CC(CC(C4)C2)C3)s1. The molecule has 4 bridgehead atoms. The van der Waals surface area contributed by atoms with Crippen LogP contribution in [0.1, 0.15) is 55.2 Å². The zero-order valence-electron chi connectivity index (χ0n) is 13.5. The van der Waals surface area contributed by atoms with Crippen molar-refractivity contribution in [3.63, 3.8) is 0 Å². The Labute approximate surface area is 133 Å². The average Bonchev–Trinajstić information content (AvgIpc) is 2.91. The molecule has 1 aromatic heterocycles. The standard InChI is InChI=1S/C19H29NS/c1-3-16-4-5-17(21-16)9-18(20-2)19-10-13-6-14(11-19)8-15(7-13)12-19/h4-5,13-15,18,20H,3,6-12H2,1-2H3. The van der Waals surface area contributed by atoms with Crippen molar-refractivity contribution in [1.82, 2.24) is 5.32 Å². The molecule has 4 aliphatic rings. The molecule has 1 nitrogen and oxygen atoms in total. The van der Waals surface area contributed by atoms with Gasteiger partial charge in [-0.2, -0.15) is 0 Å². The molecule has 1 heterocycles. The molecule has 0 radical (unpaired) electrons. The molecule has 4 aliphatic carbocycles. The van der Waals surface area contributed by atoms with Gasteiger partial charge in [-0.3, -0.25) is 0 Å². The van der Waals surface area contributed by atoms with E-state index in [4.69, 9.17) is 0 Å². The van der Waals surface area contributed by atoms with Crippen molar-refractivity contribution in [2.75, 3.05) is 7.05 Å². The second-order valence-electron chi connectivity index (χ2n) is 8.05. The normalized spacial score (nSPS) is 38.9. The summed E-state index contributed by atoms with van der Waals surface area (Å²) in [5.41, 5.74) is 0.625. The summed E-state index contributed by atoms with van der Waals surface area (Å²) in [4.78, 5) is 3.15. The lowest BCUT2D eigenvalue weighted by Gasteiger charge is -2.59. The summed E-state index contributed by atoms with van der Waals surface area (Å²) in [6.45, 7) is 2.27. The van der Waals surface area contributed by atoms with Crippen LogP contribution in [0.2, 0.25) is 0 Å². The minimum Gasteiger partial charge on any atom is -0.316 e. The number of aryl methyl sites for hydroxylation is 1. The third kappa shape index (κ3) is 2.49. The van der Waals surface area contributed by atoms with Gasteiger partial charge < -0.3 is 5.32 Å². The van der Waals surface area contributed by atoms with Crippen molar-refractivity contribution in [2.24, 2.45) is 23.2 Å². The van der Waals surface area contributed by atoms with E-state index in [1.165, 1.54) is 32.1 Å². The van der Waals surface area contributed by atoms with Crippen LogP contribution in [0.5, 0.6) is 0 Å². The Morgan fingerprint density at radius 3 is 2.14 bits per heavy atom. The van der Waals surface area contributed by atoms with Crippen LogP contribution in [-0.2, 0) is 12.8 Å². The van der Waals surface area contributed by atoms with Crippen LogP contribution in [0.25, 0.3) is 0 Å². The van der Waals surface area contributed by atoms with Crippen LogP contribution >= 0.6 is 11.3 Å². The molecule has 1 N–H and O–H groups in total. The molecular formula is C19H29NS. The second-order valence-corrected chi connectivity index (χ2v) is 9.30. The highest BCUT2D eigenvalue weighted by atomic mass is 32.1. The third-order valence-corrected chi connectivity index (χ3v) is 7.90. The van der Waals surface area contributed by atoms with Crippen LogP contribution in [-0.4, -0.2) is 13.1 Å². The first-order chi connectivity index (χ1) is 10.2. The predicted octanol–water partition coefficient (Wildman–Crippen LogP) is 4.66. The van der Waals surface area contributed by atoms with Crippen LogP contribution in [0.4, 0.5) is 0 Å². The molecule has 116 valence electrons. The summed E-state index contributed by atoms with van der Waals surface area (Å²) < 4.78 is 0. The van der Waals surface area contributed by atoms with Gasteiger partial charge in [0.05, 0.1) is 0 Å². The number of nitrogens with one attached hydrogen (secondary N) is 1. The van der Waals surface area contributed by atoms with Gasteiger partial charge in [-0.05, 0) is 93.7 Å². The summed E-state index contributed by atoms with van der Waals surface area (Å²) in [6, 6.07) is 5.43. The molecule has 0 amide bonds. The van der Waals surface area contributed by atoms with E-state index in [-0.39, 0.29) is 0 Å². The van der Waals surface area contributed by atoms with Gasteiger partial charge in [0, 0.05) is 15.8 Å². The first-order valence-corrected chi connectivity index (χ1v) is 9.77. The van der Waals surface area contributed by atoms with E-state index in [1.54, 1.807) is 29.0 Å². The summed E-state index contributed by atoms with van der Waals surface area (Å²) in [6.07, 6.45) is 11.6. The second kappa shape index (κ2) is 5.38. The maximum Gasteiger partial charge on any atom is 0.0169 e. The minimum absolute atomic E-state index is 0.625. The summed E-state index contributed by atoms with van der Waals surface area (Å²) >= 11 is 2.04. The smallest absolute Gasteiger partial charge is 0.0169 e. The highest BCUT2D eigenvalue weighted by Crippen LogP contribution is 2.61. The van der Waals surface area contributed by atoms with Crippen LogP contribution in [0, 0.1) is 23.2 Å². The van der Waals surface area contributed by atoms with E-state index in [0.29, 0.717) is 11.5 Å². The molecule has 0 aliphatic heterocycles. The topological polar surface area (TPSA) is 12.0 Å². The molecule has 21 heavy (non-hydrogen) atoms. The lowest BCUT2D eigenvalue weighted by Crippen LogP contribution is -2.55. The molecule has 5 rings (SSSR count). The van der Waals surface area contributed by atoms with Gasteiger partial charge in [0.1, 0.15) is 0 Å². The molecule has 1 unspecified atom stereocenters. The Balaban J connectivity index is 1.55. The molecule has 1 aromatic rings. The molecule has 0 aromatic carbocycles. The number of thiophene rings is 1. The van der Waals surface area contributed by atoms with Crippen LogP contribution < -0.4 is 5.32 Å². The lowest BCUT2D eigenvalue weighted by molar-refractivity contribution is -0.0723. The van der Waals surface area contributed by atoms with E-state index >= 15 is 0 Å². The number of rotatable bonds is 5. The van der Waals surface area contributed by atoms with Crippen LogP contribution in [0.3, 0.4) is 0 Å². The zero-order chi connectivity index (χ0) is 14.4.